The number of aliphatic hydroxyl groups is 1. The van der Waals surface area contributed by atoms with Crippen molar-refractivity contribution in [2.45, 2.75) is 51.9 Å². The van der Waals surface area contributed by atoms with E-state index in [0.717, 1.165) is 38.0 Å². The molecule has 0 bridgehead atoms. The van der Waals surface area contributed by atoms with Gasteiger partial charge in [-0.05, 0) is 41.3 Å². The number of piperidine rings is 1. The Morgan fingerprint density at radius 2 is 1.80 bits per heavy atom. The second kappa shape index (κ2) is 10.7. The number of thiophene rings is 1. The monoisotopic (exact) mass is 429 g/mol. The Hall–Kier alpha value is -2.22. The van der Waals surface area contributed by atoms with E-state index in [2.05, 4.69) is 27.7 Å². The van der Waals surface area contributed by atoms with Crippen molar-refractivity contribution in [2.75, 3.05) is 13.1 Å². The van der Waals surface area contributed by atoms with Crippen molar-refractivity contribution in [1.29, 1.82) is 0 Å². The Balaban J connectivity index is 1.49. The molecule has 0 spiro atoms. The van der Waals surface area contributed by atoms with E-state index in [9.17, 15) is 14.7 Å². The molecule has 162 valence electrons. The van der Waals surface area contributed by atoms with Crippen molar-refractivity contribution < 1.29 is 14.7 Å². The molecule has 3 rings (SSSR count). The molecule has 6 nitrogen and oxygen atoms in total. The summed E-state index contributed by atoms with van der Waals surface area (Å²) >= 11 is 1.36. The van der Waals surface area contributed by atoms with Crippen LogP contribution in [-0.2, 0) is 17.9 Å². The van der Waals surface area contributed by atoms with Gasteiger partial charge >= 0.3 is 0 Å². The summed E-state index contributed by atoms with van der Waals surface area (Å²) in [6, 6.07) is 11.2. The van der Waals surface area contributed by atoms with Gasteiger partial charge in [0.2, 0.25) is 5.91 Å². The van der Waals surface area contributed by atoms with Crippen LogP contribution < -0.4 is 10.6 Å². The molecule has 2 heterocycles. The fourth-order valence-electron chi connectivity index (χ4n) is 3.55. The summed E-state index contributed by atoms with van der Waals surface area (Å²) < 4.78 is 0. The maximum atomic E-state index is 12.7. The minimum Gasteiger partial charge on any atom is -0.393 e. The number of hydrogen-bond donors (Lipinski definition) is 3. The number of nitrogens with zero attached hydrogens (tertiary/aromatic N) is 1. The molecule has 30 heavy (non-hydrogen) atoms. The van der Waals surface area contributed by atoms with Crippen LogP contribution in [0.25, 0.3) is 0 Å². The normalized spacial score (nSPS) is 16.4. The van der Waals surface area contributed by atoms with Crippen LogP contribution in [0.1, 0.15) is 47.5 Å². The number of hydrogen-bond acceptors (Lipinski definition) is 5. The largest absolute Gasteiger partial charge is 0.393 e. The van der Waals surface area contributed by atoms with Crippen molar-refractivity contribution in [3.63, 3.8) is 0 Å². The van der Waals surface area contributed by atoms with Gasteiger partial charge in [-0.25, -0.2) is 0 Å². The lowest BCUT2D eigenvalue weighted by molar-refractivity contribution is -0.124. The first-order valence-corrected chi connectivity index (χ1v) is 11.4. The van der Waals surface area contributed by atoms with Gasteiger partial charge in [0.1, 0.15) is 6.04 Å². The summed E-state index contributed by atoms with van der Waals surface area (Å²) in [5, 5.41) is 17.3. The van der Waals surface area contributed by atoms with Crippen molar-refractivity contribution in [3.05, 3.63) is 57.8 Å². The third-order valence-electron chi connectivity index (χ3n) is 5.43. The van der Waals surface area contributed by atoms with E-state index in [1.807, 2.05) is 37.4 Å². The average molecular weight is 430 g/mol. The third kappa shape index (κ3) is 6.39. The zero-order valence-corrected chi connectivity index (χ0v) is 18.5. The summed E-state index contributed by atoms with van der Waals surface area (Å²) in [6.45, 7) is 7.00. The van der Waals surface area contributed by atoms with Crippen molar-refractivity contribution in [3.8, 4) is 0 Å². The zero-order valence-electron chi connectivity index (χ0n) is 17.6. The number of carbonyl (C=O) groups is 2. The molecule has 1 fully saturated rings. The molecule has 2 amide bonds. The first-order valence-electron chi connectivity index (χ1n) is 10.5. The molecule has 1 aromatic heterocycles. The first kappa shape index (κ1) is 22.5. The summed E-state index contributed by atoms with van der Waals surface area (Å²) in [6.07, 6.45) is 1.52. The highest BCUT2D eigenvalue weighted by Gasteiger charge is 2.24. The molecule has 0 aliphatic carbocycles. The highest BCUT2D eigenvalue weighted by molar-refractivity contribution is 7.12. The molecule has 3 N–H and O–H groups in total. The maximum Gasteiger partial charge on any atom is 0.262 e. The summed E-state index contributed by atoms with van der Waals surface area (Å²) in [4.78, 5) is 27.9. The summed E-state index contributed by atoms with van der Waals surface area (Å²) in [5.41, 5.74) is 2.25. The first-order chi connectivity index (χ1) is 14.4. The van der Waals surface area contributed by atoms with Crippen molar-refractivity contribution >= 4 is 23.2 Å². The van der Waals surface area contributed by atoms with Gasteiger partial charge < -0.3 is 15.7 Å². The maximum absolute atomic E-state index is 12.7. The molecule has 0 radical (unpaired) electrons. The second-order valence-electron chi connectivity index (χ2n) is 8.21. The summed E-state index contributed by atoms with van der Waals surface area (Å²) in [7, 11) is 0. The van der Waals surface area contributed by atoms with Crippen LogP contribution in [0.4, 0.5) is 0 Å². The minimum atomic E-state index is -0.576. The quantitative estimate of drug-likeness (QED) is 0.603. The smallest absolute Gasteiger partial charge is 0.262 e. The molecule has 1 unspecified atom stereocenters. The average Bonchev–Trinajstić information content (AvgIpc) is 3.27. The fraction of sp³-hybridized carbons (Fsp3) is 0.478. The van der Waals surface area contributed by atoms with E-state index < -0.39 is 6.04 Å². The van der Waals surface area contributed by atoms with Crippen LogP contribution in [0.15, 0.2) is 41.8 Å². The van der Waals surface area contributed by atoms with E-state index >= 15 is 0 Å². The molecule has 2 aromatic rings. The molecule has 1 atom stereocenters. The molecular formula is C23H31N3O3S. The van der Waals surface area contributed by atoms with Gasteiger partial charge in [-0.3, -0.25) is 14.5 Å². The van der Waals surface area contributed by atoms with Crippen LogP contribution in [-0.4, -0.2) is 47.1 Å². The molecule has 1 aromatic carbocycles. The Labute approximate surface area is 182 Å². The van der Waals surface area contributed by atoms with Gasteiger partial charge in [0, 0.05) is 26.2 Å². The molecule has 1 aliphatic heterocycles. The number of amides is 2. The van der Waals surface area contributed by atoms with Crippen LogP contribution >= 0.6 is 11.3 Å². The highest BCUT2D eigenvalue weighted by Crippen LogP contribution is 2.15. The lowest BCUT2D eigenvalue weighted by atomic mass is 10.0. The number of nitrogens with one attached hydrogen (secondary N) is 2. The van der Waals surface area contributed by atoms with Crippen LogP contribution in [0.3, 0.4) is 0 Å². The molecule has 1 aliphatic rings. The van der Waals surface area contributed by atoms with Crippen LogP contribution in [0.5, 0.6) is 0 Å². The number of carbonyl (C=O) groups excluding carboxylic acids is 2. The third-order valence-corrected chi connectivity index (χ3v) is 6.30. The van der Waals surface area contributed by atoms with Crippen molar-refractivity contribution in [2.24, 2.45) is 5.92 Å². The SMILES string of the molecule is CC(C)C(NC(=O)c1cccs1)C(=O)NCc1ccc(CN2CCC(O)CC2)cc1. The van der Waals surface area contributed by atoms with Crippen LogP contribution in [0, 0.1) is 5.92 Å². The minimum absolute atomic E-state index is 0.0145. The van der Waals surface area contributed by atoms with E-state index in [0.29, 0.717) is 11.4 Å². The zero-order chi connectivity index (χ0) is 21.5. The Morgan fingerprint density at radius 3 is 2.40 bits per heavy atom. The van der Waals surface area contributed by atoms with E-state index in [-0.39, 0.29) is 23.8 Å². The topological polar surface area (TPSA) is 81.7 Å². The predicted molar refractivity (Wildman–Crippen MR) is 119 cm³/mol. The van der Waals surface area contributed by atoms with Gasteiger partial charge in [0.05, 0.1) is 11.0 Å². The molecular weight excluding hydrogens is 398 g/mol. The molecule has 0 saturated carbocycles. The standard InChI is InChI=1S/C23H31N3O3S/c1-16(2)21(25-22(28)20-4-3-13-30-20)23(29)24-14-17-5-7-18(8-6-17)15-26-11-9-19(27)10-12-26/h3-8,13,16,19,21,27H,9-12,14-15H2,1-2H3,(H,24,29)(H,25,28). The highest BCUT2D eigenvalue weighted by atomic mass is 32.1. The number of aliphatic hydroxyl groups excluding tert-OH is 1. The van der Waals surface area contributed by atoms with Gasteiger partial charge in [0.25, 0.3) is 5.91 Å². The van der Waals surface area contributed by atoms with Gasteiger partial charge in [-0.15, -0.1) is 11.3 Å². The second-order valence-corrected chi connectivity index (χ2v) is 9.16. The van der Waals surface area contributed by atoms with Gasteiger partial charge in [-0.1, -0.05) is 44.2 Å². The predicted octanol–water partition coefficient (Wildman–Crippen LogP) is 2.78. The van der Waals surface area contributed by atoms with Gasteiger partial charge in [0.15, 0.2) is 0 Å². The number of likely N-dealkylation sites (tertiary alicyclic amines) is 1. The van der Waals surface area contributed by atoms with E-state index in [4.69, 9.17) is 0 Å². The molecule has 7 heteroatoms. The Morgan fingerprint density at radius 1 is 1.13 bits per heavy atom. The number of rotatable bonds is 8. The number of benzene rings is 1. The van der Waals surface area contributed by atoms with Crippen LogP contribution in [0.2, 0.25) is 0 Å². The fourth-order valence-corrected chi connectivity index (χ4v) is 4.18. The van der Waals surface area contributed by atoms with Crippen molar-refractivity contribution in [1.82, 2.24) is 15.5 Å². The van der Waals surface area contributed by atoms with Gasteiger partial charge in [-0.2, -0.15) is 0 Å². The lowest BCUT2D eigenvalue weighted by Crippen LogP contribution is -2.49. The Bertz CT molecular complexity index is 813. The van der Waals surface area contributed by atoms with E-state index in [1.165, 1.54) is 16.9 Å². The lowest BCUT2D eigenvalue weighted by Gasteiger charge is -2.29. The molecule has 1 saturated heterocycles. The summed E-state index contributed by atoms with van der Waals surface area (Å²) in [5.74, 6) is -0.404. The van der Waals surface area contributed by atoms with E-state index in [1.54, 1.807) is 6.07 Å². The Kier molecular flexibility index (Phi) is 8.01.